The van der Waals surface area contributed by atoms with Crippen LogP contribution in [0.15, 0.2) is 206 Å². The highest BCUT2D eigenvalue weighted by Gasteiger charge is 2.41. The van der Waals surface area contributed by atoms with E-state index in [1.165, 1.54) is 18.2 Å². The highest BCUT2D eigenvalue weighted by Crippen LogP contribution is 2.54. The molecule has 16 aromatic rings. The number of alkyl halides is 9. The Morgan fingerprint density at radius 1 is 0.294 bits per heavy atom. The number of aryl methyl sites for hydroxylation is 8. The second kappa shape index (κ2) is 24.0. The Kier molecular flexibility index (Phi) is 15.4. The van der Waals surface area contributed by atoms with Gasteiger partial charge in [-0.1, -0.05) is 133 Å². The molecule has 0 spiro atoms. The molecule has 0 aliphatic heterocycles. The first kappa shape index (κ1) is 65.6. The van der Waals surface area contributed by atoms with E-state index in [1.807, 2.05) is 162 Å². The van der Waals surface area contributed by atoms with Gasteiger partial charge < -0.3 is 18.3 Å². The van der Waals surface area contributed by atoms with Gasteiger partial charge in [0, 0.05) is 65.3 Å². The van der Waals surface area contributed by atoms with Crippen LogP contribution < -0.4 is 0 Å². The van der Waals surface area contributed by atoms with Crippen molar-refractivity contribution in [1.29, 1.82) is 5.26 Å². The van der Waals surface area contributed by atoms with E-state index in [0.717, 1.165) is 140 Å². The van der Waals surface area contributed by atoms with Gasteiger partial charge in [-0.25, -0.2) is 9.69 Å². The summed E-state index contributed by atoms with van der Waals surface area (Å²) in [6, 6.07) is 60.0. The van der Waals surface area contributed by atoms with E-state index in [2.05, 4.69) is 15.8 Å². The molecule has 16 rings (SSSR count). The van der Waals surface area contributed by atoms with Gasteiger partial charge in [0.05, 0.1) is 108 Å². The third kappa shape index (κ3) is 10.1. The molecule has 102 heavy (non-hydrogen) atoms. The summed E-state index contributed by atoms with van der Waals surface area (Å²) in [5.41, 5.74) is 9.36. The molecular formula is C86H58F9N7. The topological polar surface area (TPSA) is 52.2 Å². The maximum Gasteiger partial charge on any atom is 0.416 e. The van der Waals surface area contributed by atoms with Crippen LogP contribution >= 0.6 is 0 Å². The van der Waals surface area contributed by atoms with Gasteiger partial charge in [-0.15, -0.1) is 0 Å². The molecular weight excluding hydrogens is 1300 g/mol. The Bertz CT molecular complexity index is 5890. The summed E-state index contributed by atoms with van der Waals surface area (Å²) in [6.07, 6.45) is -14.6. The van der Waals surface area contributed by atoms with Crippen LogP contribution in [0.3, 0.4) is 0 Å². The zero-order chi connectivity index (χ0) is 71.9. The predicted molar refractivity (Wildman–Crippen MR) is 391 cm³/mol. The van der Waals surface area contributed by atoms with Gasteiger partial charge in [0.1, 0.15) is 0 Å². The average Bonchev–Trinajstić information content (AvgIpc) is 1.62. The fraction of sp³-hybridized carbons (Fsp3) is 0.128. The van der Waals surface area contributed by atoms with Crippen molar-refractivity contribution in [3.8, 4) is 51.1 Å². The lowest BCUT2D eigenvalue weighted by atomic mass is 9.92. The number of fused-ring (bicyclic) bond motifs is 12. The summed E-state index contributed by atoms with van der Waals surface area (Å²) in [7, 11) is 0. The molecule has 0 amide bonds. The summed E-state index contributed by atoms with van der Waals surface area (Å²) in [6.45, 7) is 31.9. The molecule has 4 aromatic heterocycles. The van der Waals surface area contributed by atoms with Gasteiger partial charge in [-0.05, 0) is 173 Å². The molecule has 0 aliphatic rings. The Morgan fingerprint density at radius 3 is 0.706 bits per heavy atom. The van der Waals surface area contributed by atoms with E-state index >= 15 is 39.5 Å². The van der Waals surface area contributed by atoms with Crippen molar-refractivity contribution in [2.75, 3.05) is 0 Å². The normalized spacial score (nSPS) is 12.1. The number of rotatable bonds is 6. The van der Waals surface area contributed by atoms with Crippen molar-refractivity contribution in [3.05, 3.63) is 296 Å². The summed E-state index contributed by atoms with van der Waals surface area (Å²) >= 11 is 0. The number of nitrogens with zero attached hydrogens (tertiary/aromatic N) is 7. The van der Waals surface area contributed by atoms with E-state index < -0.39 is 40.8 Å². The molecule has 0 saturated heterocycles. The van der Waals surface area contributed by atoms with Crippen molar-refractivity contribution in [2.45, 2.75) is 73.9 Å². The smallest absolute Gasteiger partial charge is 0.309 e. The van der Waals surface area contributed by atoms with Crippen LogP contribution in [0, 0.1) is 79.9 Å². The summed E-state index contributed by atoms with van der Waals surface area (Å²) in [4.78, 5) is 7.23. The summed E-state index contributed by atoms with van der Waals surface area (Å²) in [5.74, 6) is 0. The van der Waals surface area contributed by atoms with Crippen LogP contribution in [-0.4, -0.2) is 18.3 Å². The number of hydrogen-bond acceptors (Lipinski definition) is 1. The standard InChI is InChI=1S/C43H29F6N3.C43H29F3N4/c1-23-11-6-17-30-36(23)37-24(2)12-7-18-31(37)51(30)34-21-27(42(44,45)46)22-35(41(34)40-28(43(47,48)49)15-10-16-29(40)50-5)52-32-19-8-13-25(3)38(32)39-26(4)14-9-20-33(39)52;1-24-11-6-17-31-37(24)38-25(2)12-7-18-32(38)49(31)35-21-28(23-47)22-36(42(35)41-29(43(44,45)46)15-10-16-30(41)48-5)50-33-19-8-13-26(3)39(33)40-27(4)14-9-20-34(40)50/h6-22H,1-4H3;6-22H,1-4H3. The molecule has 0 atom stereocenters. The second-order valence-electron chi connectivity index (χ2n) is 26.1. The number of aromatic nitrogens is 4. The number of hydrogen-bond donors (Lipinski definition) is 0. The molecule has 0 saturated carbocycles. The van der Waals surface area contributed by atoms with Gasteiger partial charge in [0.2, 0.25) is 0 Å². The highest BCUT2D eigenvalue weighted by atomic mass is 19.4. The fourth-order valence-electron chi connectivity index (χ4n) is 15.8. The van der Waals surface area contributed by atoms with Gasteiger partial charge in [-0.2, -0.15) is 44.8 Å². The SMILES string of the molecule is [C-]#[N+]c1cccc(C(F)(F)F)c1-c1c(-n2c3cccc(C)c3c3c(C)cccc32)cc(C#N)cc1-n1c2cccc(C)c2c2c(C)cccc21.[C-]#[N+]c1cccc(C(F)(F)F)c1-c1c(-n2c3cccc(C)c3c3c(C)cccc32)cc(C(F)(F)F)cc1-n1c2cccc(C)c2c2c(C)cccc21. The maximum absolute atomic E-state index is 15.2. The second-order valence-corrected chi connectivity index (χ2v) is 26.1. The van der Waals surface area contributed by atoms with E-state index in [9.17, 15) is 5.26 Å². The van der Waals surface area contributed by atoms with Gasteiger partial charge >= 0.3 is 18.5 Å². The maximum atomic E-state index is 15.2. The zero-order valence-corrected chi connectivity index (χ0v) is 56.2. The van der Waals surface area contributed by atoms with Crippen molar-refractivity contribution >= 4 is 98.6 Å². The predicted octanol–water partition coefficient (Wildman–Crippen LogP) is 25.6. The van der Waals surface area contributed by atoms with E-state index in [1.54, 1.807) is 69.8 Å². The zero-order valence-electron chi connectivity index (χ0n) is 56.2. The van der Waals surface area contributed by atoms with Gasteiger partial charge in [-0.3, -0.25) is 0 Å². The lowest BCUT2D eigenvalue weighted by Gasteiger charge is -2.25. The quantitative estimate of drug-likeness (QED) is 0.121. The first-order chi connectivity index (χ1) is 48.8. The average molecular weight is 1360 g/mol. The van der Waals surface area contributed by atoms with E-state index in [4.69, 9.17) is 13.1 Å². The fourth-order valence-corrected chi connectivity index (χ4v) is 15.8. The van der Waals surface area contributed by atoms with Crippen LogP contribution in [0.5, 0.6) is 0 Å². The molecule has 500 valence electrons. The molecule has 7 nitrogen and oxygen atoms in total. The van der Waals surface area contributed by atoms with Crippen LogP contribution in [0.4, 0.5) is 50.9 Å². The first-order valence-corrected chi connectivity index (χ1v) is 32.8. The van der Waals surface area contributed by atoms with Gasteiger partial charge in [0.15, 0.2) is 11.4 Å². The van der Waals surface area contributed by atoms with Crippen molar-refractivity contribution in [3.63, 3.8) is 0 Å². The van der Waals surface area contributed by atoms with Crippen LogP contribution in [0.1, 0.15) is 66.8 Å². The molecule has 0 unspecified atom stereocenters. The van der Waals surface area contributed by atoms with Gasteiger partial charge in [0.25, 0.3) is 0 Å². The number of halogens is 9. The highest BCUT2D eigenvalue weighted by molar-refractivity contribution is 6.18. The Hall–Kier alpha value is -12.3. The Balaban J connectivity index is 0.000000165. The minimum absolute atomic E-state index is 0.127. The Labute approximate surface area is 579 Å². The van der Waals surface area contributed by atoms with Crippen LogP contribution in [0.25, 0.3) is 142 Å². The van der Waals surface area contributed by atoms with Crippen LogP contribution in [-0.2, 0) is 18.5 Å². The molecule has 0 aliphatic carbocycles. The largest absolute Gasteiger partial charge is 0.416 e. The molecule has 12 aromatic carbocycles. The summed E-state index contributed by atoms with van der Waals surface area (Å²) in [5, 5.41) is 17.6. The molecule has 0 fully saturated rings. The minimum atomic E-state index is -4.95. The third-order valence-electron chi connectivity index (χ3n) is 20.0. The van der Waals surface area contributed by atoms with E-state index in [-0.39, 0.29) is 45.0 Å². The van der Waals surface area contributed by atoms with Crippen molar-refractivity contribution in [2.24, 2.45) is 0 Å². The number of nitriles is 1. The lowest BCUT2D eigenvalue weighted by Crippen LogP contribution is -2.13. The lowest BCUT2D eigenvalue weighted by molar-refractivity contribution is -0.138. The van der Waals surface area contributed by atoms with E-state index in [0.29, 0.717) is 33.4 Å². The molecule has 0 N–H and O–H groups in total. The monoisotopic (exact) mass is 1360 g/mol. The number of benzene rings is 12. The van der Waals surface area contributed by atoms with Crippen molar-refractivity contribution in [1.82, 2.24) is 18.3 Å². The molecule has 4 heterocycles. The third-order valence-corrected chi connectivity index (χ3v) is 20.0. The minimum Gasteiger partial charge on any atom is -0.309 e. The molecule has 0 radical (unpaired) electrons. The Morgan fingerprint density at radius 2 is 0.510 bits per heavy atom. The van der Waals surface area contributed by atoms with Crippen LogP contribution in [0.2, 0.25) is 0 Å². The molecule has 16 heteroatoms. The first-order valence-electron chi connectivity index (χ1n) is 32.8. The summed E-state index contributed by atoms with van der Waals surface area (Å²) < 4.78 is 144. The molecule has 0 bridgehead atoms. The van der Waals surface area contributed by atoms with Crippen molar-refractivity contribution < 1.29 is 39.5 Å².